The summed E-state index contributed by atoms with van der Waals surface area (Å²) in [6.07, 6.45) is 0.246. The van der Waals surface area contributed by atoms with Gasteiger partial charge in [0.15, 0.2) is 0 Å². The van der Waals surface area contributed by atoms with E-state index in [9.17, 15) is 25.0 Å². The molecule has 0 unspecified atom stereocenters. The van der Waals surface area contributed by atoms with Gasteiger partial charge in [0, 0.05) is 5.56 Å². The predicted octanol–water partition coefficient (Wildman–Crippen LogP) is 1.16. The number of hydrogen-bond donors (Lipinski definition) is 1. The molecule has 17 heavy (non-hydrogen) atoms. The number of carbonyl (C=O) groups is 1. The molecule has 0 radical (unpaired) electrons. The highest BCUT2D eigenvalue weighted by atomic mass is 16.6. The molecule has 0 saturated heterocycles. The molecular weight excluding hydrogens is 230 g/mol. The maximum absolute atomic E-state index is 11.0. The van der Waals surface area contributed by atoms with Gasteiger partial charge in [0.1, 0.15) is 5.56 Å². The van der Waals surface area contributed by atoms with Crippen molar-refractivity contribution in [3.05, 3.63) is 43.5 Å². The van der Waals surface area contributed by atoms with Gasteiger partial charge in [-0.3, -0.25) is 25.0 Å². The molecule has 0 aliphatic heterocycles. The van der Waals surface area contributed by atoms with Crippen LogP contribution in [-0.2, 0) is 6.42 Å². The van der Waals surface area contributed by atoms with E-state index in [1.54, 1.807) is 6.92 Å². The van der Waals surface area contributed by atoms with Crippen molar-refractivity contribution in [2.75, 3.05) is 0 Å². The lowest BCUT2D eigenvalue weighted by atomic mass is 10.0. The number of rotatable bonds is 4. The van der Waals surface area contributed by atoms with Crippen LogP contribution < -0.4 is 5.73 Å². The molecule has 2 N–H and O–H groups in total. The van der Waals surface area contributed by atoms with Crippen LogP contribution in [0.3, 0.4) is 0 Å². The summed E-state index contributed by atoms with van der Waals surface area (Å²) in [5.74, 6) is -1.07. The Morgan fingerprint density at radius 3 is 2.12 bits per heavy atom. The van der Waals surface area contributed by atoms with E-state index in [1.165, 1.54) is 6.07 Å². The fourth-order valence-corrected chi connectivity index (χ4v) is 1.49. The predicted molar refractivity (Wildman–Crippen MR) is 57.6 cm³/mol. The van der Waals surface area contributed by atoms with Crippen LogP contribution in [0.1, 0.15) is 22.8 Å². The van der Waals surface area contributed by atoms with Crippen molar-refractivity contribution in [2.45, 2.75) is 13.3 Å². The quantitative estimate of drug-likeness (QED) is 0.622. The molecule has 1 aromatic carbocycles. The minimum absolute atomic E-state index is 0.187. The van der Waals surface area contributed by atoms with Gasteiger partial charge in [-0.25, -0.2) is 0 Å². The van der Waals surface area contributed by atoms with Gasteiger partial charge in [-0.1, -0.05) is 13.0 Å². The highest BCUT2D eigenvalue weighted by molar-refractivity contribution is 5.99. The fraction of sp³-hybridized carbons (Fsp3) is 0.222. The van der Waals surface area contributed by atoms with Crippen LogP contribution in [0.2, 0.25) is 0 Å². The first-order chi connectivity index (χ1) is 7.90. The molecular formula is C9H9N3O5. The zero-order valence-corrected chi connectivity index (χ0v) is 8.87. The first-order valence-corrected chi connectivity index (χ1v) is 4.64. The molecule has 1 aromatic rings. The summed E-state index contributed by atoms with van der Waals surface area (Å²) in [4.78, 5) is 30.8. The second-order valence-electron chi connectivity index (χ2n) is 3.20. The van der Waals surface area contributed by atoms with Gasteiger partial charge in [0.05, 0.1) is 9.85 Å². The number of aryl methyl sites for hydroxylation is 1. The third kappa shape index (κ3) is 2.19. The van der Waals surface area contributed by atoms with E-state index in [-0.39, 0.29) is 12.0 Å². The first-order valence-electron chi connectivity index (χ1n) is 4.64. The minimum Gasteiger partial charge on any atom is -0.365 e. The van der Waals surface area contributed by atoms with Crippen LogP contribution in [0.4, 0.5) is 11.4 Å². The lowest BCUT2D eigenvalue weighted by Crippen LogP contribution is -2.15. The second kappa shape index (κ2) is 4.56. The summed E-state index contributed by atoms with van der Waals surface area (Å²) in [5.41, 5.74) is 3.16. The van der Waals surface area contributed by atoms with Crippen molar-refractivity contribution < 1.29 is 14.6 Å². The summed E-state index contributed by atoms with van der Waals surface area (Å²) in [6.45, 7) is 1.62. The van der Waals surface area contributed by atoms with E-state index in [4.69, 9.17) is 5.73 Å². The Bertz CT molecular complexity index is 512. The number of carbonyl (C=O) groups excluding carboxylic acids is 1. The largest absolute Gasteiger partial charge is 0.365 e. The van der Waals surface area contributed by atoms with E-state index >= 15 is 0 Å². The molecule has 8 nitrogen and oxygen atoms in total. The van der Waals surface area contributed by atoms with Crippen molar-refractivity contribution in [2.24, 2.45) is 5.73 Å². The number of benzene rings is 1. The highest BCUT2D eigenvalue weighted by Gasteiger charge is 2.33. The maximum Gasteiger partial charge on any atom is 0.359 e. The average Bonchev–Trinajstić information content (AvgIpc) is 2.26. The van der Waals surface area contributed by atoms with Crippen LogP contribution in [0.15, 0.2) is 12.1 Å². The minimum atomic E-state index is -1.07. The summed E-state index contributed by atoms with van der Waals surface area (Å²) >= 11 is 0. The molecule has 0 aromatic heterocycles. The van der Waals surface area contributed by atoms with Gasteiger partial charge < -0.3 is 5.73 Å². The van der Waals surface area contributed by atoms with Gasteiger partial charge in [0.25, 0.3) is 5.91 Å². The van der Waals surface area contributed by atoms with Crippen molar-refractivity contribution in [1.29, 1.82) is 0 Å². The summed E-state index contributed by atoms with van der Waals surface area (Å²) in [5, 5.41) is 21.6. The maximum atomic E-state index is 11.0. The number of amides is 1. The number of nitro groups is 2. The summed E-state index contributed by atoms with van der Waals surface area (Å²) < 4.78 is 0. The second-order valence-corrected chi connectivity index (χ2v) is 3.20. The van der Waals surface area contributed by atoms with Crippen molar-refractivity contribution in [3.63, 3.8) is 0 Å². The molecule has 0 aliphatic rings. The monoisotopic (exact) mass is 239 g/mol. The van der Waals surface area contributed by atoms with Crippen LogP contribution in [0.5, 0.6) is 0 Å². The molecule has 0 heterocycles. The van der Waals surface area contributed by atoms with Gasteiger partial charge in [-0.15, -0.1) is 0 Å². The normalized spacial score (nSPS) is 9.94. The standard InChI is InChI=1S/C9H9N3O5/c1-2-5-3-4-6(9(10)13)8(12(16)17)7(5)11(14)15/h3-4H,2H2,1H3,(H2,10,13). The molecule has 0 spiro atoms. The van der Waals surface area contributed by atoms with E-state index < -0.39 is 32.7 Å². The highest BCUT2D eigenvalue weighted by Crippen LogP contribution is 2.34. The van der Waals surface area contributed by atoms with Crippen LogP contribution in [0.25, 0.3) is 0 Å². The van der Waals surface area contributed by atoms with Crippen molar-refractivity contribution in [3.8, 4) is 0 Å². The van der Waals surface area contributed by atoms with Crippen molar-refractivity contribution in [1.82, 2.24) is 0 Å². The van der Waals surface area contributed by atoms with E-state index in [0.717, 1.165) is 6.07 Å². The zero-order chi connectivity index (χ0) is 13.2. The Hall–Kier alpha value is -2.51. The third-order valence-corrected chi connectivity index (χ3v) is 2.25. The zero-order valence-electron chi connectivity index (χ0n) is 8.87. The Morgan fingerprint density at radius 2 is 1.76 bits per heavy atom. The molecule has 8 heteroatoms. The lowest BCUT2D eigenvalue weighted by Gasteiger charge is -2.03. The average molecular weight is 239 g/mol. The van der Waals surface area contributed by atoms with Gasteiger partial charge in [0.2, 0.25) is 0 Å². The molecule has 0 fully saturated rings. The molecule has 0 aliphatic carbocycles. The summed E-state index contributed by atoms with van der Waals surface area (Å²) in [7, 11) is 0. The SMILES string of the molecule is CCc1ccc(C(N)=O)c([N+](=O)[O-])c1[N+](=O)[O-]. The number of nitro benzene ring substituents is 2. The van der Waals surface area contributed by atoms with Crippen LogP contribution >= 0.6 is 0 Å². The van der Waals surface area contributed by atoms with Gasteiger partial charge in [-0.2, -0.15) is 0 Å². The lowest BCUT2D eigenvalue weighted by molar-refractivity contribution is -0.423. The number of primary amides is 1. The Kier molecular flexibility index (Phi) is 3.37. The summed E-state index contributed by atoms with van der Waals surface area (Å²) in [6, 6.07) is 2.43. The van der Waals surface area contributed by atoms with Gasteiger partial charge >= 0.3 is 11.4 Å². The van der Waals surface area contributed by atoms with Crippen LogP contribution in [-0.4, -0.2) is 15.8 Å². The number of hydrogen-bond acceptors (Lipinski definition) is 5. The third-order valence-electron chi connectivity index (χ3n) is 2.25. The number of nitrogens with zero attached hydrogens (tertiary/aromatic N) is 2. The van der Waals surface area contributed by atoms with E-state index in [1.807, 2.05) is 0 Å². The Labute approximate surface area is 95.3 Å². The smallest absolute Gasteiger partial charge is 0.359 e. The topological polar surface area (TPSA) is 129 Å². The molecule has 1 amide bonds. The van der Waals surface area contributed by atoms with Crippen LogP contribution in [0, 0.1) is 20.2 Å². The van der Waals surface area contributed by atoms with Gasteiger partial charge in [-0.05, 0) is 12.5 Å². The molecule has 90 valence electrons. The number of nitrogens with two attached hydrogens (primary N) is 1. The first kappa shape index (κ1) is 12.6. The molecule has 0 atom stereocenters. The Morgan fingerprint density at radius 1 is 1.24 bits per heavy atom. The van der Waals surface area contributed by atoms with E-state index in [2.05, 4.69) is 0 Å². The van der Waals surface area contributed by atoms with Crippen molar-refractivity contribution >= 4 is 17.3 Å². The molecule has 0 saturated carbocycles. The fourth-order valence-electron chi connectivity index (χ4n) is 1.49. The Balaban J connectivity index is 3.71. The molecule has 1 rings (SSSR count). The molecule has 0 bridgehead atoms. The van der Waals surface area contributed by atoms with E-state index in [0.29, 0.717) is 0 Å².